The van der Waals surface area contributed by atoms with Crippen molar-refractivity contribution >= 4 is 27.8 Å². The first kappa shape index (κ1) is 22.1. The van der Waals surface area contributed by atoms with Gasteiger partial charge in [-0.3, -0.25) is 9.13 Å². The van der Waals surface area contributed by atoms with Crippen LogP contribution in [0.2, 0.25) is 0 Å². The molecule has 6 rings (SSSR count). The quantitative estimate of drug-likeness (QED) is 0.367. The van der Waals surface area contributed by atoms with Gasteiger partial charge in [0.1, 0.15) is 6.07 Å². The first-order valence-electron chi connectivity index (χ1n) is 12.3. The van der Waals surface area contributed by atoms with Crippen LogP contribution in [0, 0.1) is 11.3 Å². The third-order valence-corrected chi connectivity index (χ3v) is 7.23. The van der Waals surface area contributed by atoms with Crippen LogP contribution in [0.25, 0.3) is 44.5 Å². The van der Waals surface area contributed by atoms with Gasteiger partial charge in [0.2, 0.25) is 0 Å². The lowest BCUT2D eigenvalue weighted by Crippen LogP contribution is -2.30. The molecule has 0 amide bonds. The largest absolute Gasteiger partial charge is 0.370 e. The number of hydrogen-bond donors (Lipinski definition) is 0. The SMILES string of the molecule is Cn1c(=O)n(C)c2nc(-c3cc(-c4ccc5ccccc5c4)cc(N4CCCCC4)c3C#N)cnc21. The van der Waals surface area contributed by atoms with E-state index in [4.69, 9.17) is 4.98 Å². The van der Waals surface area contributed by atoms with Crippen LogP contribution >= 0.6 is 0 Å². The number of anilines is 1. The van der Waals surface area contributed by atoms with Crippen LogP contribution in [0.15, 0.2) is 65.6 Å². The van der Waals surface area contributed by atoms with Crippen LogP contribution in [0.4, 0.5) is 5.69 Å². The van der Waals surface area contributed by atoms with E-state index in [1.54, 1.807) is 20.3 Å². The summed E-state index contributed by atoms with van der Waals surface area (Å²) in [7, 11) is 3.38. The summed E-state index contributed by atoms with van der Waals surface area (Å²) in [4.78, 5) is 24.1. The van der Waals surface area contributed by atoms with E-state index in [0.717, 1.165) is 48.3 Å². The molecule has 36 heavy (non-hydrogen) atoms. The number of rotatable bonds is 3. The molecule has 0 bridgehead atoms. The number of hydrogen-bond acceptors (Lipinski definition) is 5. The molecule has 7 heteroatoms. The molecule has 5 aromatic rings. The molecule has 0 spiro atoms. The lowest BCUT2D eigenvalue weighted by atomic mass is 9.93. The minimum atomic E-state index is -0.179. The van der Waals surface area contributed by atoms with E-state index < -0.39 is 0 Å². The van der Waals surface area contributed by atoms with Crippen LogP contribution in [0.3, 0.4) is 0 Å². The standard InChI is InChI=1S/C29H26N6O/c1-33-27-28(34(2)29(33)36)32-25(18-31-27)23-15-22(21-11-10-19-8-4-5-9-20(19)14-21)16-26(24(23)17-30)35-12-6-3-7-13-35/h4-5,8-11,14-16,18H,3,6-7,12-13H2,1-2H3. The van der Waals surface area contributed by atoms with Gasteiger partial charge in [0.25, 0.3) is 0 Å². The van der Waals surface area contributed by atoms with Crippen LogP contribution in [0.5, 0.6) is 0 Å². The summed E-state index contributed by atoms with van der Waals surface area (Å²) in [5, 5.41) is 12.7. The molecule has 0 radical (unpaired) electrons. The molecular weight excluding hydrogens is 448 g/mol. The van der Waals surface area contributed by atoms with E-state index in [1.807, 2.05) is 18.2 Å². The summed E-state index contributed by atoms with van der Waals surface area (Å²) in [6.45, 7) is 1.85. The Morgan fingerprint density at radius 1 is 0.861 bits per heavy atom. The Kier molecular flexibility index (Phi) is 5.30. The van der Waals surface area contributed by atoms with Gasteiger partial charge in [-0.05, 0) is 59.4 Å². The van der Waals surface area contributed by atoms with Crippen molar-refractivity contribution in [3.8, 4) is 28.5 Å². The van der Waals surface area contributed by atoms with Crippen LogP contribution in [-0.2, 0) is 14.1 Å². The number of fused-ring (bicyclic) bond motifs is 2. The summed E-state index contributed by atoms with van der Waals surface area (Å²) in [5.41, 5.74) is 5.79. The fraction of sp³-hybridized carbons (Fsp3) is 0.241. The van der Waals surface area contributed by atoms with E-state index in [0.29, 0.717) is 22.6 Å². The van der Waals surface area contributed by atoms with Gasteiger partial charge in [-0.25, -0.2) is 14.8 Å². The topological polar surface area (TPSA) is 79.7 Å². The summed E-state index contributed by atoms with van der Waals surface area (Å²) >= 11 is 0. The number of aryl methyl sites for hydroxylation is 2. The highest BCUT2D eigenvalue weighted by Crippen LogP contribution is 2.37. The molecule has 1 aliphatic rings. The normalized spacial score (nSPS) is 13.9. The zero-order chi connectivity index (χ0) is 24.8. The molecule has 7 nitrogen and oxygen atoms in total. The van der Waals surface area contributed by atoms with Crippen molar-refractivity contribution in [3.63, 3.8) is 0 Å². The van der Waals surface area contributed by atoms with Crippen molar-refractivity contribution in [1.29, 1.82) is 5.26 Å². The number of nitriles is 1. The van der Waals surface area contributed by atoms with Gasteiger partial charge in [0.05, 0.1) is 23.1 Å². The maximum Gasteiger partial charge on any atom is 0.330 e. The number of piperidine rings is 1. The average Bonchev–Trinajstić information content (AvgIpc) is 3.15. The summed E-state index contributed by atoms with van der Waals surface area (Å²) in [5.74, 6) is 0. The molecule has 2 aromatic heterocycles. The molecule has 0 N–H and O–H groups in total. The Balaban J connectivity index is 1.60. The Morgan fingerprint density at radius 3 is 2.39 bits per heavy atom. The van der Waals surface area contributed by atoms with Gasteiger partial charge >= 0.3 is 5.69 Å². The highest BCUT2D eigenvalue weighted by Gasteiger charge is 2.22. The van der Waals surface area contributed by atoms with Gasteiger partial charge < -0.3 is 4.90 Å². The third-order valence-electron chi connectivity index (χ3n) is 7.23. The van der Waals surface area contributed by atoms with Gasteiger partial charge in [0.15, 0.2) is 11.3 Å². The predicted octanol–water partition coefficient (Wildman–Crippen LogP) is 5.02. The molecule has 1 aliphatic heterocycles. The molecule has 0 aliphatic carbocycles. The number of benzene rings is 3. The fourth-order valence-corrected chi connectivity index (χ4v) is 5.24. The maximum atomic E-state index is 12.5. The summed E-state index contributed by atoms with van der Waals surface area (Å²) in [6.07, 6.45) is 5.10. The molecule has 0 atom stereocenters. The van der Waals surface area contributed by atoms with E-state index in [2.05, 4.69) is 52.4 Å². The monoisotopic (exact) mass is 474 g/mol. The molecule has 1 fully saturated rings. The van der Waals surface area contributed by atoms with Gasteiger partial charge in [0, 0.05) is 32.7 Å². The van der Waals surface area contributed by atoms with E-state index >= 15 is 0 Å². The highest BCUT2D eigenvalue weighted by molar-refractivity contribution is 5.90. The Labute approximate surface area is 208 Å². The molecule has 0 unspecified atom stereocenters. The first-order valence-corrected chi connectivity index (χ1v) is 12.3. The minimum Gasteiger partial charge on any atom is -0.370 e. The lowest BCUT2D eigenvalue weighted by Gasteiger charge is -2.30. The highest BCUT2D eigenvalue weighted by atomic mass is 16.1. The molecule has 178 valence electrons. The first-order chi connectivity index (χ1) is 17.5. The van der Waals surface area contributed by atoms with Crippen molar-refractivity contribution in [2.75, 3.05) is 18.0 Å². The Morgan fingerprint density at radius 2 is 1.61 bits per heavy atom. The molecule has 1 saturated heterocycles. The van der Waals surface area contributed by atoms with Crippen molar-refractivity contribution in [3.05, 3.63) is 76.8 Å². The molecule has 0 saturated carbocycles. The van der Waals surface area contributed by atoms with Crippen molar-refractivity contribution in [2.45, 2.75) is 19.3 Å². The van der Waals surface area contributed by atoms with Crippen molar-refractivity contribution < 1.29 is 0 Å². The average molecular weight is 475 g/mol. The lowest BCUT2D eigenvalue weighted by molar-refractivity contribution is 0.577. The van der Waals surface area contributed by atoms with E-state index in [9.17, 15) is 10.1 Å². The molecule has 3 heterocycles. The van der Waals surface area contributed by atoms with Crippen LogP contribution < -0.4 is 10.6 Å². The number of aromatic nitrogens is 4. The van der Waals surface area contributed by atoms with E-state index in [-0.39, 0.29) is 5.69 Å². The second kappa shape index (κ2) is 8.65. The number of nitrogens with zero attached hydrogens (tertiary/aromatic N) is 6. The summed E-state index contributed by atoms with van der Waals surface area (Å²) < 4.78 is 2.98. The zero-order valence-corrected chi connectivity index (χ0v) is 20.4. The maximum absolute atomic E-state index is 12.5. The third kappa shape index (κ3) is 3.54. The van der Waals surface area contributed by atoms with Gasteiger partial charge in [-0.2, -0.15) is 5.26 Å². The second-order valence-corrected chi connectivity index (χ2v) is 9.44. The molecular formula is C29H26N6O. The fourth-order valence-electron chi connectivity index (χ4n) is 5.24. The predicted molar refractivity (Wildman–Crippen MR) is 143 cm³/mol. The summed E-state index contributed by atoms with van der Waals surface area (Å²) in [6, 6.07) is 21.4. The van der Waals surface area contributed by atoms with Gasteiger partial charge in [-0.1, -0.05) is 36.4 Å². The Hall–Kier alpha value is -4.44. The van der Waals surface area contributed by atoms with Gasteiger partial charge in [-0.15, -0.1) is 0 Å². The van der Waals surface area contributed by atoms with Crippen molar-refractivity contribution in [2.24, 2.45) is 14.1 Å². The van der Waals surface area contributed by atoms with Crippen molar-refractivity contribution in [1.82, 2.24) is 19.1 Å². The zero-order valence-electron chi connectivity index (χ0n) is 20.4. The Bertz CT molecular complexity index is 1730. The number of imidazole rings is 1. The van der Waals surface area contributed by atoms with Crippen LogP contribution in [-0.4, -0.2) is 32.2 Å². The second-order valence-electron chi connectivity index (χ2n) is 9.44. The minimum absolute atomic E-state index is 0.179. The van der Waals surface area contributed by atoms with E-state index in [1.165, 1.54) is 26.3 Å². The molecule has 3 aromatic carbocycles. The van der Waals surface area contributed by atoms with Crippen LogP contribution in [0.1, 0.15) is 24.8 Å². The smallest absolute Gasteiger partial charge is 0.330 e.